The number of halogens is 1. The van der Waals surface area contributed by atoms with Gasteiger partial charge < -0.3 is 19.8 Å². The Morgan fingerprint density at radius 2 is 2.00 bits per heavy atom. The maximum atomic E-state index is 13.7. The van der Waals surface area contributed by atoms with E-state index in [0.717, 1.165) is 10.9 Å². The molecule has 0 spiro atoms. The van der Waals surface area contributed by atoms with Crippen LogP contribution in [0.2, 0.25) is 0 Å². The van der Waals surface area contributed by atoms with Gasteiger partial charge in [0, 0.05) is 36.7 Å². The molecule has 0 aliphatic heterocycles. The molecule has 2 N–H and O–H groups in total. The Labute approximate surface area is 148 Å². The van der Waals surface area contributed by atoms with Gasteiger partial charge in [0.15, 0.2) is 0 Å². The summed E-state index contributed by atoms with van der Waals surface area (Å²) in [7, 11) is 1.53. The summed E-state index contributed by atoms with van der Waals surface area (Å²) in [5.74, 6) is -0.297. The number of carbonyl (C=O) groups excluding carboxylic acids is 1. The molecule has 7 heteroatoms. The Morgan fingerprint density at radius 3 is 2.73 bits per heavy atom. The van der Waals surface area contributed by atoms with Crippen LogP contribution in [0.5, 0.6) is 5.75 Å². The van der Waals surface area contributed by atoms with Crippen molar-refractivity contribution in [3.05, 3.63) is 64.3 Å². The minimum Gasteiger partial charge on any atom is -0.497 e. The van der Waals surface area contributed by atoms with E-state index in [0.29, 0.717) is 23.6 Å². The molecular formula is C19H17FN2O4. The first-order valence-corrected chi connectivity index (χ1v) is 7.88. The first kappa shape index (κ1) is 17.5. The SMILES string of the molecule is COc1ccc2c(CNc3ccc(F)c(NC(C)=O)c3)cc(=O)oc2c1. The van der Waals surface area contributed by atoms with E-state index in [1.165, 1.54) is 32.2 Å². The van der Waals surface area contributed by atoms with Crippen molar-refractivity contribution < 1.29 is 18.3 Å². The van der Waals surface area contributed by atoms with Crippen LogP contribution < -0.4 is 21.0 Å². The summed E-state index contributed by atoms with van der Waals surface area (Å²) in [6.45, 7) is 1.63. The monoisotopic (exact) mass is 356 g/mol. The predicted molar refractivity (Wildman–Crippen MR) is 97.1 cm³/mol. The number of rotatable bonds is 5. The fourth-order valence-corrected chi connectivity index (χ4v) is 2.60. The number of methoxy groups -OCH3 is 1. The third-order valence-corrected chi connectivity index (χ3v) is 3.80. The quantitative estimate of drug-likeness (QED) is 0.684. The van der Waals surface area contributed by atoms with E-state index in [1.807, 2.05) is 6.07 Å². The number of benzene rings is 2. The Morgan fingerprint density at radius 1 is 1.19 bits per heavy atom. The van der Waals surface area contributed by atoms with Gasteiger partial charge in [-0.2, -0.15) is 0 Å². The second-order valence-electron chi connectivity index (χ2n) is 5.68. The van der Waals surface area contributed by atoms with E-state index in [9.17, 15) is 14.0 Å². The van der Waals surface area contributed by atoms with Gasteiger partial charge in [0.2, 0.25) is 5.91 Å². The van der Waals surface area contributed by atoms with Gasteiger partial charge in [0.05, 0.1) is 12.8 Å². The molecule has 0 saturated heterocycles. The summed E-state index contributed by atoms with van der Waals surface area (Å²) in [5, 5.41) is 6.32. The van der Waals surface area contributed by atoms with E-state index in [1.54, 1.807) is 18.2 Å². The Hall–Kier alpha value is -3.35. The van der Waals surface area contributed by atoms with Crippen LogP contribution in [-0.2, 0) is 11.3 Å². The summed E-state index contributed by atoms with van der Waals surface area (Å²) in [5.41, 5.74) is 1.37. The van der Waals surface area contributed by atoms with Gasteiger partial charge in [-0.3, -0.25) is 4.79 Å². The molecule has 1 amide bonds. The number of fused-ring (bicyclic) bond motifs is 1. The van der Waals surface area contributed by atoms with Crippen molar-refractivity contribution >= 4 is 28.3 Å². The molecule has 3 aromatic rings. The standard InChI is InChI=1S/C19H17FN2O4/c1-11(23)22-17-8-13(3-6-16(17)20)21-10-12-7-19(24)26-18-9-14(25-2)4-5-15(12)18/h3-9,21H,10H2,1-2H3,(H,22,23). The van der Waals surface area contributed by atoms with Crippen LogP contribution in [0.4, 0.5) is 15.8 Å². The lowest BCUT2D eigenvalue weighted by Gasteiger charge is -2.11. The average Bonchev–Trinajstić information content (AvgIpc) is 2.61. The summed E-state index contributed by atoms with van der Waals surface area (Å²) in [4.78, 5) is 22.9. The van der Waals surface area contributed by atoms with E-state index in [4.69, 9.17) is 9.15 Å². The maximum absolute atomic E-state index is 13.7. The van der Waals surface area contributed by atoms with Crippen molar-refractivity contribution in [2.75, 3.05) is 17.7 Å². The third-order valence-electron chi connectivity index (χ3n) is 3.80. The van der Waals surface area contributed by atoms with E-state index in [-0.39, 0.29) is 11.6 Å². The fourth-order valence-electron chi connectivity index (χ4n) is 2.60. The third kappa shape index (κ3) is 3.83. The molecule has 1 heterocycles. The number of ether oxygens (including phenoxy) is 1. The zero-order valence-corrected chi connectivity index (χ0v) is 14.3. The lowest BCUT2D eigenvalue weighted by Crippen LogP contribution is -2.09. The van der Waals surface area contributed by atoms with Gasteiger partial charge in [0.1, 0.15) is 17.1 Å². The summed E-state index contributed by atoms with van der Waals surface area (Å²) < 4.78 is 24.1. The maximum Gasteiger partial charge on any atom is 0.336 e. The van der Waals surface area contributed by atoms with Gasteiger partial charge >= 0.3 is 5.63 Å². The first-order chi connectivity index (χ1) is 12.5. The summed E-state index contributed by atoms with van der Waals surface area (Å²) >= 11 is 0. The van der Waals surface area contributed by atoms with Crippen molar-refractivity contribution in [3.63, 3.8) is 0 Å². The molecule has 6 nitrogen and oxygen atoms in total. The van der Waals surface area contributed by atoms with Gasteiger partial charge in [0.25, 0.3) is 0 Å². The minimum atomic E-state index is -0.524. The number of carbonyl (C=O) groups is 1. The smallest absolute Gasteiger partial charge is 0.336 e. The number of nitrogens with one attached hydrogen (secondary N) is 2. The molecule has 0 saturated carbocycles. The van der Waals surface area contributed by atoms with Crippen LogP contribution in [-0.4, -0.2) is 13.0 Å². The number of anilines is 2. The second-order valence-corrected chi connectivity index (χ2v) is 5.68. The van der Waals surface area contributed by atoms with Gasteiger partial charge in [-0.15, -0.1) is 0 Å². The van der Waals surface area contributed by atoms with Crippen molar-refractivity contribution in [3.8, 4) is 5.75 Å². The topological polar surface area (TPSA) is 80.6 Å². The normalized spacial score (nSPS) is 10.6. The molecule has 0 unspecified atom stereocenters. The highest BCUT2D eigenvalue weighted by Crippen LogP contribution is 2.24. The molecule has 0 radical (unpaired) electrons. The Kier molecular flexibility index (Phi) is 4.88. The highest BCUT2D eigenvalue weighted by Gasteiger charge is 2.09. The number of amides is 1. The molecule has 26 heavy (non-hydrogen) atoms. The lowest BCUT2D eigenvalue weighted by molar-refractivity contribution is -0.114. The lowest BCUT2D eigenvalue weighted by atomic mass is 10.1. The molecule has 3 rings (SSSR count). The molecule has 0 aliphatic rings. The second kappa shape index (κ2) is 7.26. The Bertz CT molecular complexity index is 1030. The van der Waals surface area contributed by atoms with Crippen molar-refractivity contribution in [1.29, 1.82) is 0 Å². The predicted octanol–water partition coefficient (Wildman–Crippen LogP) is 3.51. The highest BCUT2D eigenvalue weighted by molar-refractivity contribution is 5.89. The highest BCUT2D eigenvalue weighted by atomic mass is 19.1. The zero-order chi connectivity index (χ0) is 18.7. The van der Waals surface area contributed by atoms with Crippen molar-refractivity contribution in [2.24, 2.45) is 0 Å². The first-order valence-electron chi connectivity index (χ1n) is 7.88. The molecule has 2 aromatic carbocycles. The largest absolute Gasteiger partial charge is 0.497 e. The summed E-state index contributed by atoms with van der Waals surface area (Å²) in [6, 6.07) is 10.9. The zero-order valence-electron chi connectivity index (χ0n) is 14.3. The minimum absolute atomic E-state index is 0.0877. The molecule has 0 atom stereocenters. The molecule has 0 bridgehead atoms. The number of hydrogen-bond acceptors (Lipinski definition) is 5. The van der Waals surface area contributed by atoms with Crippen LogP contribution >= 0.6 is 0 Å². The van der Waals surface area contributed by atoms with Crippen molar-refractivity contribution in [2.45, 2.75) is 13.5 Å². The van der Waals surface area contributed by atoms with Crippen LogP contribution in [0.25, 0.3) is 11.0 Å². The van der Waals surface area contributed by atoms with Crippen LogP contribution in [0, 0.1) is 5.82 Å². The van der Waals surface area contributed by atoms with Crippen LogP contribution in [0.3, 0.4) is 0 Å². The molecule has 0 aliphatic carbocycles. The molecular weight excluding hydrogens is 339 g/mol. The molecule has 1 aromatic heterocycles. The fraction of sp³-hybridized carbons (Fsp3) is 0.158. The molecule has 0 fully saturated rings. The molecule has 134 valence electrons. The van der Waals surface area contributed by atoms with Crippen LogP contribution in [0.15, 0.2) is 51.7 Å². The van der Waals surface area contributed by atoms with Gasteiger partial charge in [-0.1, -0.05) is 0 Å². The van der Waals surface area contributed by atoms with Crippen molar-refractivity contribution in [1.82, 2.24) is 0 Å². The summed E-state index contributed by atoms with van der Waals surface area (Å²) in [6.07, 6.45) is 0. The van der Waals surface area contributed by atoms with Gasteiger partial charge in [-0.25, -0.2) is 9.18 Å². The van der Waals surface area contributed by atoms with E-state index >= 15 is 0 Å². The van der Waals surface area contributed by atoms with E-state index < -0.39 is 11.4 Å². The number of hydrogen-bond donors (Lipinski definition) is 2. The Balaban J connectivity index is 1.88. The van der Waals surface area contributed by atoms with Gasteiger partial charge in [-0.05, 0) is 35.9 Å². The van der Waals surface area contributed by atoms with E-state index in [2.05, 4.69) is 10.6 Å². The average molecular weight is 356 g/mol. The van der Waals surface area contributed by atoms with Crippen LogP contribution in [0.1, 0.15) is 12.5 Å².